The molecule has 6 nitrogen and oxygen atoms in total. The van der Waals surface area contributed by atoms with Gasteiger partial charge in [-0.3, -0.25) is 14.9 Å². The summed E-state index contributed by atoms with van der Waals surface area (Å²) in [7, 11) is 0. The monoisotopic (exact) mass is 284 g/mol. The van der Waals surface area contributed by atoms with Crippen LogP contribution in [0.5, 0.6) is 0 Å². The van der Waals surface area contributed by atoms with E-state index in [1.165, 1.54) is 4.90 Å². The van der Waals surface area contributed by atoms with Gasteiger partial charge in [-0.1, -0.05) is 6.92 Å². The summed E-state index contributed by atoms with van der Waals surface area (Å²) >= 11 is 0. The van der Waals surface area contributed by atoms with Crippen LogP contribution < -0.4 is 4.90 Å². The van der Waals surface area contributed by atoms with Crippen LogP contribution in [0.2, 0.25) is 0 Å². The number of esters is 1. The van der Waals surface area contributed by atoms with Gasteiger partial charge in [0.2, 0.25) is 0 Å². The Morgan fingerprint density at radius 2 is 2.15 bits per heavy atom. The van der Waals surface area contributed by atoms with Crippen molar-refractivity contribution in [1.29, 1.82) is 0 Å². The van der Waals surface area contributed by atoms with Crippen LogP contribution in [0.15, 0.2) is 18.2 Å². The molecule has 0 saturated heterocycles. The maximum absolute atomic E-state index is 13.3. The lowest BCUT2D eigenvalue weighted by Gasteiger charge is -2.22. The molecule has 0 aliphatic heterocycles. The fourth-order valence-electron chi connectivity index (χ4n) is 1.82. The minimum absolute atomic E-state index is 0.0879. The number of nitrogens with zero attached hydrogens (tertiary/aromatic N) is 2. The minimum Gasteiger partial charge on any atom is -0.465 e. The lowest BCUT2D eigenvalue weighted by Crippen LogP contribution is -2.32. The number of hydrogen-bond acceptors (Lipinski definition) is 5. The molecule has 0 radical (unpaired) electrons. The smallest absolute Gasteiger partial charge is 0.325 e. The summed E-state index contributed by atoms with van der Waals surface area (Å²) in [6.07, 6.45) is 0.660. The Morgan fingerprint density at radius 1 is 1.45 bits per heavy atom. The second kappa shape index (κ2) is 7.42. The molecule has 0 aliphatic carbocycles. The quantitative estimate of drug-likeness (QED) is 0.437. The summed E-state index contributed by atoms with van der Waals surface area (Å²) in [5.41, 5.74) is -0.144. The van der Waals surface area contributed by atoms with Gasteiger partial charge in [0.25, 0.3) is 5.69 Å². The van der Waals surface area contributed by atoms with E-state index in [1.807, 2.05) is 6.92 Å². The topological polar surface area (TPSA) is 72.7 Å². The number of hydrogen-bond donors (Lipinski definition) is 0. The third-order valence-corrected chi connectivity index (χ3v) is 2.59. The number of benzene rings is 1. The Balaban J connectivity index is 3.09. The van der Waals surface area contributed by atoms with Crippen LogP contribution in [0.3, 0.4) is 0 Å². The zero-order valence-electron chi connectivity index (χ0n) is 11.5. The first kappa shape index (κ1) is 15.9. The van der Waals surface area contributed by atoms with Crippen LogP contribution >= 0.6 is 0 Å². The Bertz CT molecular complexity index is 493. The van der Waals surface area contributed by atoms with Gasteiger partial charge in [0, 0.05) is 18.7 Å². The van der Waals surface area contributed by atoms with Crippen molar-refractivity contribution in [3.8, 4) is 0 Å². The molecule has 1 aromatic carbocycles. The summed E-state index contributed by atoms with van der Waals surface area (Å²) in [5.74, 6) is -1.09. The van der Waals surface area contributed by atoms with Crippen LogP contribution in [0, 0.1) is 15.9 Å². The van der Waals surface area contributed by atoms with E-state index in [1.54, 1.807) is 6.92 Å². The van der Waals surface area contributed by atoms with E-state index in [4.69, 9.17) is 4.74 Å². The zero-order chi connectivity index (χ0) is 15.1. The molecule has 7 heteroatoms. The molecule has 0 unspecified atom stereocenters. The molecule has 0 saturated carbocycles. The van der Waals surface area contributed by atoms with E-state index < -0.39 is 16.7 Å². The van der Waals surface area contributed by atoms with Crippen molar-refractivity contribution >= 4 is 17.3 Å². The molecular weight excluding hydrogens is 267 g/mol. The molecule has 0 atom stereocenters. The lowest BCUT2D eigenvalue weighted by molar-refractivity contribution is -0.384. The van der Waals surface area contributed by atoms with Crippen molar-refractivity contribution in [2.75, 3.05) is 24.6 Å². The summed E-state index contributed by atoms with van der Waals surface area (Å²) < 4.78 is 18.2. The van der Waals surface area contributed by atoms with Crippen molar-refractivity contribution in [2.24, 2.45) is 0 Å². The second-order valence-electron chi connectivity index (χ2n) is 4.12. The molecule has 0 heterocycles. The van der Waals surface area contributed by atoms with Crippen molar-refractivity contribution < 1.29 is 18.8 Å². The molecule has 110 valence electrons. The predicted octanol–water partition coefficient (Wildman–Crippen LogP) is 2.51. The SMILES string of the molecule is CCCN(CC(=O)OCC)c1cc(F)ccc1[N+](=O)[O-]. The summed E-state index contributed by atoms with van der Waals surface area (Å²) in [5, 5.41) is 11.0. The highest BCUT2D eigenvalue weighted by Crippen LogP contribution is 2.29. The molecule has 0 amide bonds. The van der Waals surface area contributed by atoms with Crippen LogP contribution in [0.25, 0.3) is 0 Å². The average Bonchev–Trinajstić information content (AvgIpc) is 2.38. The Hall–Kier alpha value is -2.18. The fourth-order valence-corrected chi connectivity index (χ4v) is 1.82. The number of halogens is 1. The van der Waals surface area contributed by atoms with Gasteiger partial charge >= 0.3 is 5.97 Å². The number of nitro benzene ring substituents is 1. The molecule has 0 N–H and O–H groups in total. The molecule has 0 bridgehead atoms. The van der Waals surface area contributed by atoms with E-state index in [0.29, 0.717) is 13.0 Å². The molecule has 0 fully saturated rings. The van der Waals surface area contributed by atoms with E-state index >= 15 is 0 Å². The Labute approximate surface area is 116 Å². The first-order valence-corrected chi connectivity index (χ1v) is 6.34. The number of rotatable bonds is 7. The van der Waals surface area contributed by atoms with E-state index in [0.717, 1.165) is 18.2 Å². The molecule has 0 aromatic heterocycles. The van der Waals surface area contributed by atoms with Crippen LogP contribution in [-0.4, -0.2) is 30.6 Å². The normalized spacial score (nSPS) is 10.2. The maximum atomic E-state index is 13.3. The molecule has 0 spiro atoms. The van der Waals surface area contributed by atoms with Crippen LogP contribution in [-0.2, 0) is 9.53 Å². The number of ether oxygens (including phenoxy) is 1. The minimum atomic E-state index is -0.595. The number of carbonyl (C=O) groups is 1. The van der Waals surface area contributed by atoms with Crippen molar-refractivity contribution in [1.82, 2.24) is 0 Å². The van der Waals surface area contributed by atoms with Crippen LogP contribution in [0.4, 0.5) is 15.8 Å². The Morgan fingerprint density at radius 3 is 2.70 bits per heavy atom. The second-order valence-corrected chi connectivity index (χ2v) is 4.12. The predicted molar refractivity (Wildman–Crippen MR) is 72.2 cm³/mol. The van der Waals surface area contributed by atoms with Gasteiger partial charge in [0.15, 0.2) is 0 Å². The van der Waals surface area contributed by atoms with Crippen molar-refractivity contribution in [3.63, 3.8) is 0 Å². The highest BCUT2D eigenvalue weighted by atomic mass is 19.1. The van der Waals surface area contributed by atoms with Crippen molar-refractivity contribution in [2.45, 2.75) is 20.3 Å². The Kier molecular flexibility index (Phi) is 5.89. The van der Waals surface area contributed by atoms with Crippen molar-refractivity contribution in [3.05, 3.63) is 34.1 Å². The van der Waals surface area contributed by atoms with Gasteiger partial charge in [0.05, 0.1) is 11.5 Å². The van der Waals surface area contributed by atoms with Gasteiger partial charge in [0.1, 0.15) is 18.0 Å². The third kappa shape index (κ3) is 4.18. The zero-order valence-corrected chi connectivity index (χ0v) is 11.5. The maximum Gasteiger partial charge on any atom is 0.325 e. The fraction of sp³-hybridized carbons (Fsp3) is 0.462. The van der Waals surface area contributed by atoms with E-state index in [2.05, 4.69) is 0 Å². The number of anilines is 1. The first-order valence-electron chi connectivity index (χ1n) is 6.34. The van der Waals surface area contributed by atoms with E-state index in [-0.39, 0.29) is 24.5 Å². The van der Waals surface area contributed by atoms with Gasteiger partial charge in [-0.25, -0.2) is 4.39 Å². The van der Waals surface area contributed by atoms with Gasteiger partial charge < -0.3 is 9.64 Å². The summed E-state index contributed by atoms with van der Waals surface area (Å²) in [6, 6.07) is 3.18. The highest BCUT2D eigenvalue weighted by Gasteiger charge is 2.22. The molecule has 1 rings (SSSR count). The summed E-state index contributed by atoms with van der Waals surface area (Å²) in [4.78, 5) is 23.4. The number of nitro groups is 1. The van der Waals surface area contributed by atoms with Crippen LogP contribution in [0.1, 0.15) is 20.3 Å². The third-order valence-electron chi connectivity index (χ3n) is 2.59. The van der Waals surface area contributed by atoms with Gasteiger partial charge in [-0.15, -0.1) is 0 Å². The van der Waals surface area contributed by atoms with E-state index in [9.17, 15) is 19.3 Å². The lowest BCUT2D eigenvalue weighted by atomic mass is 10.2. The van der Waals surface area contributed by atoms with Gasteiger partial charge in [-0.2, -0.15) is 0 Å². The highest BCUT2D eigenvalue weighted by molar-refractivity contribution is 5.77. The average molecular weight is 284 g/mol. The first-order chi connectivity index (χ1) is 9.49. The number of carbonyl (C=O) groups excluding carboxylic acids is 1. The molecule has 1 aromatic rings. The largest absolute Gasteiger partial charge is 0.465 e. The summed E-state index contributed by atoms with van der Waals surface area (Å²) in [6.45, 7) is 4.01. The molecule has 20 heavy (non-hydrogen) atoms. The standard InChI is InChI=1S/C13H17FN2O4/c1-3-7-15(9-13(17)20-4-2)12-8-10(14)5-6-11(12)16(18)19/h5-6,8H,3-4,7,9H2,1-2H3. The van der Waals surface area contributed by atoms with Gasteiger partial charge in [-0.05, 0) is 19.4 Å². The molecular formula is C13H17FN2O4. The molecule has 0 aliphatic rings.